The fourth-order valence-corrected chi connectivity index (χ4v) is 4.92. The number of rotatable bonds is 5. The lowest BCUT2D eigenvalue weighted by atomic mass is 9.70. The molecular formula is C22H25NO3. The maximum absolute atomic E-state index is 13.2. The van der Waals surface area contributed by atoms with Crippen molar-refractivity contribution in [2.24, 2.45) is 5.41 Å². The second-order valence-electron chi connectivity index (χ2n) is 7.58. The highest BCUT2D eigenvalue weighted by Crippen LogP contribution is 2.51. The third kappa shape index (κ3) is 2.78. The Morgan fingerprint density at radius 3 is 2.73 bits per heavy atom. The minimum Gasteiger partial charge on any atom is -0.497 e. The molecule has 4 heteroatoms. The molecule has 26 heavy (non-hydrogen) atoms. The number of amides is 1. The summed E-state index contributed by atoms with van der Waals surface area (Å²) < 4.78 is 5.27. The van der Waals surface area contributed by atoms with Crippen molar-refractivity contribution in [1.82, 2.24) is 4.90 Å². The van der Waals surface area contributed by atoms with Gasteiger partial charge in [0.2, 0.25) is 0 Å². The molecule has 0 unspecified atom stereocenters. The molecule has 2 aliphatic rings. The van der Waals surface area contributed by atoms with Crippen LogP contribution in [0, 0.1) is 5.41 Å². The Labute approximate surface area is 154 Å². The zero-order chi connectivity index (χ0) is 18.1. The average Bonchev–Trinajstić information content (AvgIpc) is 3.24. The Bertz CT molecular complexity index is 791. The first-order valence-electron chi connectivity index (χ1n) is 9.28. The molecule has 0 spiro atoms. The molecule has 4 rings (SSSR count). The van der Waals surface area contributed by atoms with Crippen LogP contribution in [0.2, 0.25) is 0 Å². The molecule has 2 fully saturated rings. The van der Waals surface area contributed by atoms with E-state index >= 15 is 0 Å². The number of benzene rings is 2. The van der Waals surface area contributed by atoms with Crippen LogP contribution < -0.4 is 4.74 Å². The van der Waals surface area contributed by atoms with Gasteiger partial charge < -0.3 is 14.7 Å². The molecule has 0 aromatic heterocycles. The van der Waals surface area contributed by atoms with Gasteiger partial charge in [0, 0.05) is 23.1 Å². The molecule has 2 bridgehead atoms. The zero-order valence-electron chi connectivity index (χ0n) is 15.1. The van der Waals surface area contributed by atoms with Crippen molar-refractivity contribution < 1.29 is 14.6 Å². The number of nitrogens with zero attached hydrogens (tertiary/aromatic N) is 1. The number of aliphatic hydroxyl groups excluding tert-OH is 1. The second-order valence-corrected chi connectivity index (χ2v) is 7.58. The second kappa shape index (κ2) is 6.76. The van der Waals surface area contributed by atoms with Crippen LogP contribution in [0.5, 0.6) is 5.75 Å². The van der Waals surface area contributed by atoms with Gasteiger partial charge in [0.05, 0.1) is 13.7 Å². The van der Waals surface area contributed by atoms with Crippen molar-refractivity contribution in [3.05, 3.63) is 65.7 Å². The molecular weight excluding hydrogens is 326 g/mol. The van der Waals surface area contributed by atoms with Crippen LogP contribution in [0.25, 0.3) is 0 Å². The minimum absolute atomic E-state index is 0.0554. The summed E-state index contributed by atoms with van der Waals surface area (Å²) in [6.45, 7) is 0.116. The molecule has 1 amide bonds. The molecule has 2 aliphatic heterocycles. The number of carbonyl (C=O) groups is 1. The average molecular weight is 351 g/mol. The van der Waals surface area contributed by atoms with E-state index in [-0.39, 0.29) is 30.0 Å². The van der Waals surface area contributed by atoms with E-state index in [1.165, 1.54) is 5.56 Å². The summed E-state index contributed by atoms with van der Waals surface area (Å²) in [6.07, 6.45) is 3.68. The van der Waals surface area contributed by atoms with Crippen LogP contribution in [0.15, 0.2) is 54.6 Å². The predicted octanol–water partition coefficient (Wildman–Crippen LogP) is 3.29. The van der Waals surface area contributed by atoms with Crippen molar-refractivity contribution in [3.63, 3.8) is 0 Å². The van der Waals surface area contributed by atoms with Crippen molar-refractivity contribution in [2.45, 2.75) is 37.8 Å². The third-order valence-corrected chi connectivity index (χ3v) is 6.12. The summed E-state index contributed by atoms with van der Waals surface area (Å²) in [5, 5.41) is 10.3. The van der Waals surface area contributed by atoms with E-state index in [0.29, 0.717) is 11.3 Å². The summed E-state index contributed by atoms with van der Waals surface area (Å²) in [6, 6.07) is 18.0. The quantitative estimate of drug-likeness (QED) is 0.899. The third-order valence-electron chi connectivity index (χ3n) is 6.12. The van der Waals surface area contributed by atoms with E-state index < -0.39 is 0 Å². The molecule has 2 saturated heterocycles. The molecule has 4 nitrogen and oxygen atoms in total. The van der Waals surface area contributed by atoms with Crippen LogP contribution in [0.4, 0.5) is 0 Å². The Hall–Kier alpha value is -2.33. The topological polar surface area (TPSA) is 49.8 Å². The number of hydrogen-bond acceptors (Lipinski definition) is 3. The summed E-state index contributed by atoms with van der Waals surface area (Å²) in [5.41, 5.74) is 1.65. The summed E-state index contributed by atoms with van der Waals surface area (Å²) in [5.74, 6) is 0.750. The predicted molar refractivity (Wildman–Crippen MR) is 100 cm³/mol. The number of fused-ring (bicyclic) bond motifs is 2. The van der Waals surface area contributed by atoms with Crippen molar-refractivity contribution in [3.8, 4) is 5.75 Å². The van der Waals surface area contributed by atoms with Gasteiger partial charge in [-0.15, -0.1) is 0 Å². The number of methoxy groups -OCH3 is 1. The first-order valence-corrected chi connectivity index (χ1v) is 9.28. The SMILES string of the molecule is COc1cccc(C(=O)N2[C@H]3CC[C@@H]2[C@@](CO)(Cc2ccccc2)C3)c1. The van der Waals surface area contributed by atoms with Crippen LogP contribution in [0.1, 0.15) is 35.2 Å². The number of ether oxygens (including phenoxy) is 1. The molecule has 2 heterocycles. The van der Waals surface area contributed by atoms with E-state index in [1.54, 1.807) is 13.2 Å². The highest BCUT2D eigenvalue weighted by molar-refractivity contribution is 5.95. The van der Waals surface area contributed by atoms with E-state index in [9.17, 15) is 9.90 Å². The van der Waals surface area contributed by atoms with Crippen LogP contribution >= 0.6 is 0 Å². The van der Waals surface area contributed by atoms with Gasteiger partial charge in [-0.1, -0.05) is 36.4 Å². The van der Waals surface area contributed by atoms with Crippen LogP contribution in [-0.2, 0) is 6.42 Å². The van der Waals surface area contributed by atoms with Gasteiger partial charge in [0.25, 0.3) is 5.91 Å². The van der Waals surface area contributed by atoms with Gasteiger partial charge in [-0.05, 0) is 49.4 Å². The first-order chi connectivity index (χ1) is 12.7. The van der Waals surface area contributed by atoms with E-state index in [4.69, 9.17) is 4.74 Å². The Balaban J connectivity index is 1.62. The maximum atomic E-state index is 13.2. The molecule has 1 N–H and O–H groups in total. The van der Waals surface area contributed by atoms with Crippen LogP contribution in [-0.4, -0.2) is 41.7 Å². The Kier molecular flexibility index (Phi) is 4.45. The number of aliphatic hydroxyl groups is 1. The monoisotopic (exact) mass is 351 g/mol. The van der Waals surface area contributed by atoms with E-state index in [0.717, 1.165) is 25.7 Å². The Morgan fingerprint density at radius 2 is 2.00 bits per heavy atom. The Morgan fingerprint density at radius 1 is 1.19 bits per heavy atom. The fourth-order valence-electron chi connectivity index (χ4n) is 4.92. The molecule has 2 aromatic carbocycles. The molecule has 2 aromatic rings. The fraction of sp³-hybridized carbons (Fsp3) is 0.409. The first kappa shape index (κ1) is 17.1. The number of hydrogen-bond donors (Lipinski definition) is 1. The molecule has 0 saturated carbocycles. The lowest BCUT2D eigenvalue weighted by Crippen LogP contribution is -2.43. The minimum atomic E-state index is -0.237. The maximum Gasteiger partial charge on any atom is 0.254 e. The molecule has 136 valence electrons. The van der Waals surface area contributed by atoms with E-state index in [2.05, 4.69) is 12.1 Å². The van der Waals surface area contributed by atoms with Crippen molar-refractivity contribution in [1.29, 1.82) is 0 Å². The van der Waals surface area contributed by atoms with Crippen molar-refractivity contribution in [2.75, 3.05) is 13.7 Å². The molecule has 0 radical (unpaired) electrons. The van der Waals surface area contributed by atoms with Crippen molar-refractivity contribution >= 4 is 5.91 Å². The van der Waals surface area contributed by atoms with Gasteiger partial charge in [0.1, 0.15) is 5.75 Å². The highest BCUT2D eigenvalue weighted by Gasteiger charge is 2.57. The lowest BCUT2D eigenvalue weighted by molar-refractivity contribution is 0.0571. The van der Waals surface area contributed by atoms with Gasteiger partial charge in [-0.25, -0.2) is 0 Å². The lowest BCUT2D eigenvalue weighted by Gasteiger charge is -2.36. The summed E-state index contributed by atoms with van der Waals surface area (Å²) >= 11 is 0. The summed E-state index contributed by atoms with van der Waals surface area (Å²) in [4.78, 5) is 15.3. The summed E-state index contributed by atoms with van der Waals surface area (Å²) in [7, 11) is 1.61. The van der Waals surface area contributed by atoms with Gasteiger partial charge in [-0.3, -0.25) is 4.79 Å². The van der Waals surface area contributed by atoms with E-state index in [1.807, 2.05) is 41.3 Å². The molecule has 0 aliphatic carbocycles. The van der Waals surface area contributed by atoms with Gasteiger partial charge in [0.15, 0.2) is 0 Å². The van der Waals surface area contributed by atoms with Gasteiger partial charge in [-0.2, -0.15) is 0 Å². The van der Waals surface area contributed by atoms with Gasteiger partial charge >= 0.3 is 0 Å². The zero-order valence-corrected chi connectivity index (χ0v) is 15.1. The van der Waals surface area contributed by atoms with Crippen LogP contribution in [0.3, 0.4) is 0 Å². The normalized spacial score (nSPS) is 26.9. The smallest absolute Gasteiger partial charge is 0.254 e. The highest BCUT2D eigenvalue weighted by atomic mass is 16.5. The molecule has 3 atom stereocenters. The largest absolute Gasteiger partial charge is 0.497 e. The standard InChI is InChI=1S/C22H25NO3/c1-26-19-9-5-8-17(12-19)21(25)23-18-10-11-20(23)22(14-18,15-24)13-16-6-3-2-4-7-16/h2-9,12,18,20,24H,10-11,13-15H2,1H3/t18-,20+,22-/m0/s1. The number of carbonyl (C=O) groups excluding carboxylic acids is 1.